The molecule has 0 radical (unpaired) electrons. The zero-order valence-corrected chi connectivity index (χ0v) is 12.9. The van der Waals surface area contributed by atoms with Crippen molar-refractivity contribution < 1.29 is 18.7 Å². The highest BCUT2D eigenvalue weighted by molar-refractivity contribution is 5.80. The monoisotopic (exact) mass is 310 g/mol. The van der Waals surface area contributed by atoms with E-state index in [1.807, 2.05) is 0 Å². The van der Waals surface area contributed by atoms with Gasteiger partial charge in [-0.3, -0.25) is 9.69 Å². The second kappa shape index (κ2) is 8.70. The predicted octanol–water partition coefficient (Wildman–Crippen LogP) is 1.43. The van der Waals surface area contributed by atoms with Crippen molar-refractivity contribution in [3.05, 3.63) is 30.1 Å². The Balaban J connectivity index is 1.62. The molecule has 0 saturated carbocycles. The van der Waals surface area contributed by atoms with Gasteiger partial charge in [-0.25, -0.2) is 4.39 Å². The topological polar surface area (TPSA) is 50.8 Å². The number of hydrogen-bond acceptors (Lipinski definition) is 4. The van der Waals surface area contributed by atoms with Gasteiger partial charge in [0, 0.05) is 19.6 Å². The van der Waals surface area contributed by atoms with E-state index in [2.05, 4.69) is 10.2 Å². The molecule has 1 atom stereocenters. The molecule has 0 aromatic heterocycles. The van der Waals surface area contributed by atoms with Gasteiger partial charge in [-0.15, -0.1) is 0 Å². The number of amides is 1. The highest BCUT2D eigenvalue weighted by Crippen LogP contribution is 2.12. The van der Waals surface area contributed by atoms with Crippen LogP contribution in [0.15, 0.2) is 24.3 Å². The van der Waals surface area contributed by atoms with Crippen LogP contribution in [0.2, 0.25) is 0 Å². The van der Waals surface area contributed by atoms with Crippen LogP contribution in [0.1, 0.15) is 13.3 Å². The van der Waals surface area contributed by atoms with Crippen molar-refractivity contribution in [1.29, 1.82) is 0 Å². The SMILES string of the molecule is C[C@H](Oc1ccc(F)cc1)C(=O)NCCCN1CCOCC1. The molecule has 1 aliphatic rings. The summed E-state index contributed by atoms with van der Waals surface area (Å²) in [5.41, 5.74) is 0. The van der Waals surface area contributed by atoms with E-state index in [4.69, 9.17) is 9.47 Å². The van der Waals surface area contributed by atoms with Crippen LogP contribution in [0.5, 0.6) is 5.75 Å². The summed E-state index contributed by atoms with van der Waals surface area (Å²) < 4.78 is 23.6. The van der Waals surface area contributed by atoms with Crippen LogP contribution in [-0.2, 0) is 9.53 Å². The Kier molecular flexibility index (Phi) is 6.61. The molecule has 0 unspecified atom stereocenters. The number of carbonyl (C=O) groups is 1. The molecule has 1 heterocycles. The summed E-state index contributed by atoms with van der Waals surface area (Å²) in [5.74, 6) is -0.00348. The van der Waals surface area contributed by atoms with Gasteiger partial charge in [0.2, 0.25) is 0 Å². The minimum absolute atomic E-state index is 0.161. The number of morpholine rings is 1. The number of nitrogens with zero attached hydrogens (tertiary/aromatic N) is 1. The summed E-state index contributed by atoms with van der Waals surface area (Å²) in [6.45, 7) is 6.74. The van der Waals surface area contributed by atoms with Gasteiger partial charge in [-0.2, -0.15) is 0 Å². The van der Waals surface area contributed by atoms with Crippen molar-refractivity contribution in [2.45, 2.75) is 19.4 Å². The Labute approximate surface area is 130 Å². The smallest absolute Gasteiger partial charge is 0.260 e. The van der Waals surface area contributed by atoms with E-state index in [1.54, 1.807) is 6.92 Å². The molecule has 0 aliphatic carbocycles. The summed E-state index contributed by atoms with van der Waals surface area (Å²) in [6, 6.07) is 5.64. The fourth-order valence-corrected chi connectivity index (χ4v) is 2.25. The van der Waals surface area contributed by atoms with Gasteiger partial charge in [0.1, 0.15) is 11.6 Å². The summed E-state index contributed by atoms with van der Waals surface area (Å²) in [7, 11) is 0. The van der Waals surface area contributed by atoms with Crippen LogP contribution < -0.4 is 10.1 Å². The maximum Gasteiger partial charge on any atom is 0.260 e. The molecule has 0 spiro atoms. The minimum atomic E-state index is -0.603. The van der Waals surface area contributed by atoms with Crippen LogP contribution in [-0.4, -0.2) is 56.3 Å². The number of rotatable bonds is 7. The number of carbonyl (C=O) groups excluding carboxylic acids is 1. The minimum Gasteiger partial charge on any atom is -0.481 e. The maximum atomic E-state index is 12.8. The Morgan fingerprint density at radius 2 is 2.05 bits per heavy atom. The molecule has 6 heteroatoms. The zero-order valence-electron chi connectivity index (χ0n) is 12.9. The Morgan fingerprint density at radius 3 is 2.73 bits per heavy atom. The molecule has 1 N–H and O–H groups in total. The van der Waals surface area contributed by atoms with Crippen LogP contribution in [0, 0.1) is 5.82 Å². The molecule has 1 saturated heterocycles. The van der Waals surface area contributed by atoms with E-state index >= 15 is 0 Å². The predicted molar refractivity (Wildman–Crippen MR) is 81.4 cm³/mol. The standard InChI is InChI=1S/C16H23FN2O3/c1-13(22-15-5-3-14(17)4-6-15)16(20)18-7-2-8-19-9-11-21-12-10-19/h3-6,13H,2,7-12H2,1H3,(H,18,20)/t13-/m0/s1. The Morgan fingerprint density at radius 1 is 1.36 bits per heavy atom. The summed E-state index contributed by atoms with van der Waals surface area (Å²) in [5, 5.41) is 2.86. The molecular formula is C16H23FN2O3. The van der Waals surface area contributed by atoms with Crippen molar-refractivity contribution in [2.24, 2.45) is 0 Å². The van der Waals surface area contributed by atoms with Gasteiger partial charge in [0.15, 0.2) is 6.10 Å². The first-order valence-corrected chi connectivity index (χ1v) is 7.65. The lowest BCUT2D eigenvalue weighted by atomic mass is 10.3. The quantitative estimate of drug-likeness (QED) is 0.774. The molecule has 1 aromatic rings. The highest BCUT2D eigenvalue weighted by atomic mass is 19.1. The first-order chi connectivity index (χ1) is 10.6. The van der Waals surface area contributed by atoms with Gasteiger partial charge in [-0.1, -0.05) is 0 Å². The summed E-state index contributed by atoms with van der Waals surface area (Å²) in [4.78, 5) is 14.2. The normalized spacial score (nSPS) is 17.0. The third-order valence-electron chi connectivity index (χ3n) is 3.55. The summed E-state index contributed by atoms with van der Waals surface area (Å²) in [6.07, 6.45) is 0.295. The first kappa shape index (κ1) is 16.7. The number of benzene rings is 1. The first-order valence-electron chi connectivity index (χ1n) is 7.65. The molecule has 1 aromatic carbocycles. The van der Waals surface area contributed by atoms with Crippen molar-refractivity contribution in [2.75, 3.05) is 39.4 Å². The Bertz CT molecular complexity index is 461. The summed E-state index contributed by atoms with van der Waals surface area (Å²) >= 11 is 0. The fraction of sp³-hybridized carbons (Fsp3) is 0.562. The number of ether oxygens (including phenoxy) is 2. The third-order valence-corrected chi connectivity index (χ3v) is 3.55. The van der Waals surface area contributed by atoms with Gasteiger partial charge in [0.05, 0.1) is 13.2 Å². The Hall–Kier alpha value is -1.66. The molecule has 1 aliphatic heterocycles. The number of halogens is 1. The lowest BCUT2D eigenvalue weighted by Gasteiger charge is -2.26. The highest BCUT2D eigenvalue weighted by Gasteiger charge is 2.14. The lowest BCUT2D eigenvalue weighted by molar-refractivity contribution is -0.127. The van der Waals surface area contributed by atoms with E-state index in [1.165, 1.54) is 24.3 Å². The van der Waals surface area contributed by atoms with E-state index in [9.17, 15) is 9.18 Å². The molecule has 22 heavy (non-hydrogen) atoms. The van der Waals surface area contributed by atoms with Crippen molar-refractivity contribution in [3.8, 4) is 5.75 Å². The number of hydrogen-bond donors (Lipinski definition) is 1. The lowest BCUT2D eigenvalue weighted by Crippen LogP contribution is -2.40. The fourth-order valence-electron chi connectivity index (χ4n) is 2.25. The van der Waals surface area contributed by atoms with E-state index in [0.717, 1.165) is 39.3 Å². The molecule has 2 rings (SSSR count). The zero-order chi connectivity index (χ0) is 15.8. The largest absolute Gasteiger partial charge is 0.481 e. The van der Waals surface area contributed by atoms with Gasteiger partial charge in [-0.05, 0) is 44.2 Å². The second-order valence-corrected chi connectivity index (χ2v) is 5.31. The van der Waals surface area contributed by atoms with E-state index < -0.39 is 6.10 Å². The van der Waals surface area contributed by atoms with Crippen molar-refractivity contribution in [3.63, 3.8) is 0 Å². The third kappa shape index (κ3) is 5.61. The molecule has 5 nitrogen and oxygen atoms in total. The molecule has 122 valence electrons. The van der Waals surface area contributed by atoms with Crippen LogP contribution in [0.3, 0.4) is 0 Å². The molecule has 1 amide bonds. The van der Waals surface area contributed by atoms with Crippen molar-refractivity contribution >= 4 is 5.91 Å². The van der Waals surface area contributed by atoms with E-state index in [0.29, 0.717) is 12.3 Å². The van der Waals surface area contributed by atoms with Gasteiger partial charge >= 0.3 is 0 Å². The van der Waals surface area contributed by atoms with E-state index in [-0.39, 0.29) is 11.7 Å². The van der Waals surface area contributed by atoms with Crippen LogP contribution in [0.4, 0.5) is 4.39 Å². The molecular weight excluding hydrogens is 287 g/mol. The second-order valence-electron chi connectivity index (χ2n) is 5.31. The molecule has 1 fully saturated rings. The van der Waals surface area contributed by atoms with Gasteiger partial charge < -0.3 is 14.8 Å². The average Bonchev–Trinajstić information content (AvgIpc) is 2.54. The van der Waals surface area contributed by atoms with Crippen molar-refractivity contribution in [1.82, 2.24) is 10.2 Å². The van der Waals surface area contributed by atoms with Crippen LogP contribution in [0.25, 0.3) is 0 Å². The molecule has 0 bridgehead atoms. The van der Waals surface area contributed by atoms with Gasteiger partial charge in [0.25, 0.3) is 5.91 Å². The maximum absolute atomic E-state index is 12.8. The number of nitrogens with one attached hydrogen (secondary N) is 1. The average molecular weight is 310 g/mol. The van der Waals surface area contributed by atoms with Crippen LogP contribution >= 0.6 is 0 Å².